The van der Waals surface area contributed by atoms with Crippen molar-refractivity contribution < 1.29 is 31.9 Å². The predicted molar refractivity (Wildman–Crippen MR) is 71.5 cm³/mol. The Morgan fingerprint density at radius 2 is 1.83 bits per heavy atom. The number of hydrogen-bond donors (Lipinski definition) is 1. The second kappa shape index (κ2) is 6.43. The van der Waals surface area contributed by atoms with Crippen molar-refractivity contribution in [3.8, 4) is 0 Å². The summed E-state index contributed by atoms with van der Waals surface area (Å²) in [5.74, 6) is -1.70. The van der Waals surface area contributed by atoms with E-state index >= 15 is 0 Å². The molecule has 0 unspecified atom stereocenters. The van der Waals surface area contributed by atoms with Crippen LogP contribution in [-0.2, 0) is 11.2 Å². The van der Waals surface area contributed by atoms with E-state index in [9.17, 15) is 31.9 Å². The van der Waals surface area contributed by atoms with Crippen molar-refractivity contribution in [3.05, 3.63) is 35.4 Å². The van der Waals surface area contributed by atoms with Crippen molar-refractivity contribution in [2.24, 2.45) is 0 Å². The lowest BCUT2D eigenvalue weighted by atomic mass is 9.90. The highest BCUT2D eigenvalue weighted by atomic mass is 19.4. The lowest BCUT2D eigenvalue weighted by Gasteiger charge is -2.39. The first-order valence-electron chi connectivity index (χ1n) is 7.13. The van der Waals surface area contributed by atoms with Gasteiger partial charge in [-0.25, -0.2) is 8.78 Å². The summed E-state index contributed by atoms with van der Waals surface area (Å²) in [6.07, 6.45) is -6.08. The molecule has 3 nitrogen and oxygen atoms in total. The summed E-state index contributed by atoms with van der Waals surface area (Å²) >= 11 is 0. The molecule has 1 aromatic rings. The number of carbonyl (C=O) groups excluding carboxylic acids is 1. The summed E-state index contributed by atoms with van der Waals surface area (Å²) in [5.41, 5.74) is -2.72. The van der Waals surface area contributed by atoms with Crippen LogP contribution in [0.2, 0.25) is 0 Å². The zero-order valence-corrected chi connectivity index (χ0v) is 12.2. The Kier molecular flexibility index (Phi) is 4.93. The highest BCUT2D eigenvalue weighted by molar-refractivity contribution is 5.76. The standard InChI is InChI=1S/C15H16F5NO2/c16-11-2-3-12(17)10(9-11)1-4-13(22)21-7-5-14(23,6-8-21)15(18,19)20/h2-3,9,23H,1,4-8H2. The minimum Gasteiger partial charge on any atom is -0.380 e. The van der Waals surface area contributed by atoms with Crippen molar-refractivity contribution in [3.63, 3.8) is 0 Å². The third-order valence-corrected chi connectivity index (χ3v) is 4.09. The van der Waals surface area contributed by atoms with Gasteiger partial charge in [-0.2, -0.15) is 13.2 Å². The van der Waals surface area contributed by atoms with E-state index in [1.807, 2.05) is 0 Å². The minimum absolute atomic E-state index is 0.0392. The van der Waals surface area contributed by atoms with Crippen molar-refractivity contribution in [2.45, 2.75) is 37.5 Å². The van der Waals surface area contributed by atoms with Crippen LogP contribution in [-0.4, -0.2) is 40.8 Å². The quantitative estimate of drug-likeness (QED) is 0.862. The summed E-state index contributed by atoms with van der Waals surface area (Å²) < 4.78 is 64.5. The van der Waals surface area contributed by atoms with E-state index in [2.05, 4.69) is 0 Å². The number of aliphatic hydroxyl groups is 1. The van der Waals surface area contributed by atoms with Crippen LogP contribution in [0.3, 0.4) is 0 Å². The topological polar surface area (TPSA) is 40.5 Å². The predicted octanol–water partition coefficient (Wildman–Crippen LogP) is 2.81. The van der Waals surface area contributed by atoms with Crippen LogP contribution in [0.25, 0.3) is 0 Å². The van der Waals surface area contributed by atoms with Gasteiger partial charge < -0.3 is 10.0 Å². The molecular formula is C15H16F5NO2. The van der Waals surface area contributed by atoms with E-state index in [1.165, 1.54) is 4.90 Å². The van der Waals surface area contributed by atoms with Gasteiger partial charge in [0.15, 0.2) is 5.60 Å². The molecule has 0 bridgehead atoms. The summed E-state index contributed by atoms with van der Waals surface area (Å²) in [4.78, 5) is 13.2. The summed E-state index contributed by atoms with van der Waals surface area (Å²) in [6.45, 7) is -0.443. The van der Waals surface area contributed by atoms with Crippen LogP contribution in [0.1, 0.15) is 24.8 Å². The normalized spacial score (nSPS) is 18.1. The molecule has 1 amide bonds. The molecule has 0 radical (unpaired) electrons. The van der Waals surface area contributed by atoms with Gasteiger partial charge in [-0.1, -0.05) is 0 Å². The van der Waals surface area contributed by atoms with Crippen LogP contribution in [0.15, 0.2) is 18.2 Å². The average Bonchev–Trinajstić information content (AvgIpc) is 2.47. The van der Waals surface area contributed by atoms with Crippen molar-refractivity contribution in [2.75, 3.05) is 13.1 Å². The van der Waals surface area contributed by atoms with Gasteiger partial charge in [-0.15, -0.1) is 0 Å². The largest absolute Gasteiger partial charge is 0.417 e. The maximum atomic E-state index is 13.4. The molecule has 1 aliphatic rings. The molecule has 1 N–H and O–H groups in total. The van der Waals surface area contributed by atoms with Crippen molar-refractivity contribution in [1.29, 1.82) is 0 Å². The van der Waals surface area contributed by atoms with E-state index in [0.29, 0.717) is 0 Å². The Balaban J connectivity index is 1.90. The van der Waals surface area contributed by atoms with Gasteiger partial charge in [0.05, 0.1) is 0 Å². The van der Waals surface area contributed by atoms with E-state index in [-0.39, 0.29) is 31.5 Å². The first-order valence-corrected chi connectivity index (χ1v) is 7.13. The zero-order valence-electron chi connectivity index (χ0n) is 12.2. The van der Waals surface area contributed by atoms with Gasteiger partial charge in [0.25, 0.3) is 0 Å². The number of aryl methyl sites for hydroxylation is 1. The Labute approximate surface area is 129 Å². The second-order valence-electron chi connectivity index (χ2n) is 5.65. The second-order valence-corrected chi connectivity index (χ2v) is 5.65. The fraction of sp³-hybridized carbons (Fsp3) is 0.533. The van der Waals surface area contributed by atoms with Gasteiger partial charge in [0.1, 0.15) is 11.6 Å². The molecule has 1 fully saturated rings. The molecule has 0 atom stereocenters. The molecular weight excluding hydrogens is 321 g/mol. The lowest BCUT2D eigenvalue weighted by molar-refractivity contribution is -0.272. The number of rotatable bonds is 3. The smallest absolute Gasteiger partial charge is 0.380 e. The van der Waals surface area contributed by atoms with Crippen LogP contribution in [0.4, 0.5) is 22.0 Å². The number of nitrogens with zero attached hydrogens (tertiary/aromatic N) is 1. The Bertz CT molecular complexity index is 580. The van der Waals surface area contributed by atoms with Crippen LogP contribution < -0.4 is 0 Å². The fourth-order valence-electron chi connectivity index (χ4n) is 2.54. The first kappa shape index (κ1) is 17.7. The molecule has 23 heavy (non-hydrogen) atoms. The van der Waals surface area contributed by atoms with Gasteiger partial charge in [-0.3, -0.25) is 4.79 Å². The van der Waals surface area contributed by atoms with E-state index in [4.69, 9.17) is 0 Å². The number of piperidine rings is 1. The number of likely N-dealkylation sites (tertiary alicyclic amines) is 1. The van der Waals surface area contributed by atoms with Crippen LogP contribution >= 0.6 is 0 Å². The molecule has 1 aromatic carbocycles. The highest BCUT2D eigenvalue weighted by Gasteiger charge is 2.54. The molecule has 128 valence electrons. The van der Waals surface area contributed by atoms with E-state index in [1.54, 1.807) is 0 Å². The number of benzene rings is 1. The fourth-order valence-corrected chi connectivity index (χ4v) is 2.54. The Morgan fingerprint density at radius 1 is 1.22 bits per heavy atom. The monoisotopic (exact) mass is 337 g/mol. The highest BCUT2D eigenvalue weighted by Crippen LogP contribution is 2.38. The van der Waals surface area contributed by atoms with Gasteiger partial charge in [0.2, 0.25) is 5.91 Å². The molecule has 0 spiro atoms. The molecule has 0 aliphatic carbocycles. The SMILES string of the molecule is O=C(CCc1cc(F)ccc1F)N1CCC(O)(C(F)(F)F)CC1. The Hall–Kier alpha value is -1.70. The van der Waals surface area contributed by atoms with Gasteiger partial charge in [-0.05, 0) is 30.2 Å². The zero-order chi connectivity index (χ0) is 17.3. The number of hydrogen-bond acceptors (Lipinski definition) is 2. The molecule has 8 heteroatoms. The third-order valence-electron chi connectivity index (χ3n) is 4.09. The lowest BCUT2D eigenvalue weighted by Crippen LogP contribution is -2.54. The first-order chi connectivity index (χ1) is 10.6. The molecule has 0 aromatic heterocycles. The number of halogens is 5. The van der Waals surface area contributed by atoms with Crippen molar-refractivity contribution in [1.82, 2.24) is 4.90 Å². The average molecular weight is 337 g/mol. The number of amides is 1. The number of alkyl halides is 3. The third kappa shape index (κ3) is 3.99. The van der Waals surface area contributed by atoms with E-state index < -0.39 is 42.2 Å². The maximum Gasteiger partial charge on any atom is 0.417 e. The van der Waals surface area contributed by atoms with Crippen LogP contribution in [0, 0.1) is 11.6 Å². The molecule has 2 rings (SSSR count). The molecule has 1 aliphatic heterocycles. The van der Waals surface area contributed by atoms with Crippen molar-refractivity contribution >= 4 is 5.91 Å². The Morgan fingerprint density at radius 3 is 2.39 bits per heavy atom. The van der Waals surface area contributed by atoms with Crippen LogP contribution in [0.5, 0.6) is 0 Å². The van der Waals surface area contributed by atoms with Gasteiger partial charge >= 0.3 is 6.18 Å². The summed E-state index contributed by atoms with van der Waals surface area (Å²) in [7, 11) is 0. The summed E-state index contributed by atoms with van der Waals surface area (Å²) in [6, 6.07) is 2.91. The molecule has 1 saturated heterocycles. The number of carbonyl (C=O) groups is 1. The van der Waals surface area contributed by atoms with E-state index in [0.717, 1.165) is 18.2 Å². The maximum absolute atomic E-state index is 13.4. The minimum atomic E-state index is -4.73. The molecule has 1 heterocycles. The summed E-state index contributed by atoms with van der Waals surface area (Å²) in [5, 5.41) is 9.53. The van der Waals surface area contributed by atoms with Gasteiger partial charge in [0, 0.05) is 32.4 Å². The molecule has 0 saturated carbocycles.